The van der Waals surface area contributed by atoms with E-state index in [1.54, 1.807) is 18.6 Å². The summed E-state index contributed by atoms with van der Waals surface area (Å²) in [5.41, 5.74) is 1.77. The van der Waals surface area contributed by atoms with Crippen LogP contribution in [-0.2, 0) is 32.6 Å². The first-order valence-corrected chi connectivity index (χ1v) is 18.7. The lowest BCUT2D eigenvalue weighted by Crippen LogP contribution is -2.53. The number of amides is 6. The average Bonchev–Trinajstić information content (AvgIpc) is 3.86. The minimum Gasteiger partial charge on any atom is -0.361 e. The summed E-state index contributed by atoms with van der Waals surface area (Å²) in [5, 5.41) is 15.5. The van der Waals surface area contributed by atoms with Gasteiger partial charge in [0.1, 0.15) is 28.5 Å². The lowest BCUT2D eigenvalue weighted by molar-refractivity contribution is -0.138. The number of nitrogens with zero attached hydrogens (tertiary/aromatic N) is 6. The van der Waals surface area contributed by atoms with Gasteiger partial charge in [-0.25, -0.2) is 4.98 Å². The number of aromatic amines is 1. The second kappa shape index (κ2) is 17.2. The number of nitrogens with one attached hydrogen (secondary N) is 4. The molecule has 5 rings (SSSR count). The SMILES string of the molecule is CC(C)C[C@@H]1NC(=O)CN(C(=O)c2c(Cl)cnn2C)CCN(C)C(=O)[C@H](C)NC(=O)CN(C)C(=O)[C@@H](Cc2c[nH]c3ccccc23)NC(=O)c2csc1n2. The Hall–Kier alpha value is -5.29. The van der Waals surface area contributed by atoms with Crippen LogP contribution in [0.1, 0.15) is 64.8 Å². The van der Waals surface area contributed by atoms with Crippen molar-refractivity contribution in [2.45, 2.75) is 51.7 Å². The van der Waals surface area contributed by atoms with E-state index in [0.29, 0.717) is 11.4 Å². The van der Waals surface area contributed by atoms with Crippen molar-refractivity contribution in [3.63, 3.8) is 0 Å². The van der Waals surface area contributed by atoms with Gasteiger partial charge in [-0.2, -0.15) is 5.10 Å². The molecule has 4 N–H and O–H groups in total. The van der Waals surface area contributed by atoms with E-state index in [0.717, 1.165) is 16.5 Å². The van der Waals surface area contributed by atoms with Crippen molar-refractivity contribution in [2.24, 2.45) is 13.0 Å². The molecule has 18 heteroatoms. The zero-order valence-corrected chi connectivity index (χ0v) is 32.6. The molecule has 2 bridgehead atoms. The largest absolute Gasteiger partial charge is 0.361 e. The molecule has 6 amide bonds. The Kier molecular flexibility index (Phi) is 12.7. The van der Waals surface area contributed by atoms with Crippen LogP contribution in [0.3, 0.4) is 0 Å². The number of fused-ring (bicyclic) bond motifs is 3. The third-order valence-corrected chi connectivity index (χ3v) is 10.3. The van der Waals surface area contributed by atoms with Gasteiger partial charge in [0.2, 0.25) is 23.6 Å². The van der Waals surface area contributed by atoms with Crippen molar-refractivity contribution >= 4 is 69.3 Å². The van der Waals surface area contributed by atoms with Crippen molar-refractivity contribution in [2.75, 3.05) is 40.3 Å². The molecule has 0 fully saturated rings. The van der Waals surface area contributed by atoms with Crippen LogP contribution in [0.2, 0.25) is 5.02 Å². The molecule has 4 aromatic rings. The number of rotatable bonds is 5. The van der Waals surface area contributed by atoms with Gasteiger partial charge in [-0.05, 0) is 30.9 Å². The molecule has 3 atom stereocenters. The van der Waals surface area contributed by atoms with Crippen LogP contribution >= 0.6 is 22.9 Å². The van der Waals surface area contributed by atoms with E-state index in [1.165, 1.54) is 57.9 Å². The molecule has 0 saturated carbocycles. The van der Waals surface area contributed by atoms with Gasteiger partial charge in [0.05, 0.1) is 30.4 Å². The first-order valence-electron chi connectivity index (χ1n) is 17.5. The number of benzene rings is 1. The average molecular weight is 781 g/mol. The minimum absolute atomic E-state index is 0.0144. The van der Waals surface area contributed by atoms with Gasteiger partial charge in [-0.3, -0.25) is 33.4 Å². The molecule has 3 aromatic heterocycles. The van der Waals surface area contributed by atoms with Gasteiger partial charge < -0.3 is 35.6 Å². The van der Waals surface area contributed by atoms with Gasteiger partial charge in [0, 0.05) is 63.1 Å². The number of H-pyrrole nitrogens is 1. The number of aromatic nitrogens is 4. The number of halogens is 1. The molecule has 0 aliphatic carbocycles. The van der Waals surface area contributed by atoms with Crippen molar-refractivity contribution in [3.8, 4) is 0 Å². The molecule has 0 spiro atoms. The highest BCUT2D eigenvalue weighted by Gasteiger charge is 2.31. The summed E-state index contributed by atoms with van der Waals surface area (Å²) < 4.78 is 1.31. The normalized spacial score (nSPS) is 20.2. The fourth-order valence-electron chi connectivity index (χ4n) is 6.28. The Labute approximate surface area is 321 Å². The van der Waals surface area contributed by atoms with E-state index >= 15 is 0 Å². The van der Waals surface area contributed by atoms with Gasteiger partial charge in [-0.1, -0.05) is 43.6 Å². The van der Waals surface area contributed by atoms with Gasteiger partial charge in [-0.15, -0.1) is 11.3 Å². The number of carbonyl (C=O) groups excluding carboxylic acids is 6. The topological polar surface area (TPSA) is 195 Å². The van der Waals surface area contributed by atoms with Gasteiger partial charge in [0.15, 0.2) is 0 Å². The fourth-order valence-corrected chi connectivity index (χ4v) is 7.39. The first-order chi connectivity index (χ1) is 25.6. The molecule has 1 aromatic carbocycles. The summed E-state index contributed by atoms with van der Waals surface area (Å²) in [7, 11) is 4.52. The Morgan fingerprint density at radius 3 is 2.37 bits per heavy atom. The maximum Gasteiger partial charge on any atom is 0.274 e. The Bertz CT molecular complexity index is 2020. The summed E-state index contributed by atoms with van der Waals surface area (Å²) in [6.07, 6.45) is 3.70. The molecule has 288 valence electrons. The molecular formula is C36H45ClN10O6S. The van der Waals surface area contributed by atoms with Crippen LogP contribution in [0.5, 0.6) is 0 Å². The number of aryl methyl sites for hydroxylation is 1. The maximum absolute atomic E-state index is 13.9. The van der Waals surface area contributed by atoms with E-state index in [2.05, 4.69) is 31.0 Å². The number of hydrogen-bond acceptors (Lipinski definition) is 9. The highest BCUT2D eigenvalue weighted by molar-refractivity contribution is 7.09. The van der Waals surface area contributed by atoms with E-state index in [9.17, 15) is 28.8 Å². The maximum atomic E-state index is 13.9. The highest BCUT2D eigenvalue weighted by Crippen LogP contribution is 2.26. The Balaban J connectivity index is 1.48. The van der Waals surface area contributed by atoms with Crippen molar-refractivity contribution in [1.29, 1.82) is 0 Å². The summed E-state index contributed by atoms with van der Waals surface area (Å²) >= 11 is 7.49. The zero-order valence-electron chi connectivity index (χ0n) is 31.0. The van der Waals surface area contributed by atoms with Crippen LogP contribution in [0, 0.1) is 5.92 Å². The lowest BCUT2D eigenvalue weighted by atomic mass is 10.0. The molecule has 4 heterocycles. The predicted octanol–water partition coefficient (Wildman–Crippen LogP) is 2.13. The number of hydrogen-bond donors (Lipinski definition) is 4. The third-order valence-electron chi connectivity index (χ3n) is 9.10. The molecular weight excluding hydrogens is 736 g/mol. The van der Waals surface area contributed by atoms with Crippen LogP contribution < -0.4 is 16.0 Å². The predicted molar refractivity (Wildman–Crippen MR) is 203 cm³/mol. The van der Waals surface area contributed by atoms with E-state index < -0.39 is 53.6 Å². The van der Waals surface area contributed by atoms with Crippen LogP contribution in [0.25, 0.3) is 10.9 Å². The fraction of sp³-hybridized carbons (Fsp3) is 0.444. The summed E-state index contributed by atoms with van der Waals surface area (Å²) in [4.78, 5) is 93.2. The highest BCUT2D eigenvalue weighted by atomic mass is 35.5. The van der Waals surface area contributed by atoms with Crippen molar-refractivity contribution in [1.82, 2.24) is 50.4 Å². The van der Waals surface area contributed by atoms with Crippen molar-refractivity contribution in [3.05, 3.63) is 69.0 Å². The summed E-state index contributed by atoms with van der Waals surface area (Å²) in [5.74, 6) is -3.14. The molecule has 1 aliphatic heterocycles. The first kappa shape index (κ1) is 39.9. The smallest absolute Gasteiger partial charge is 0.274 e. The molecule has 16 nitrogen and oxygen atoms in total. The van der Waals surface area contributed by atoms with Crippen molar-refractivity contribution < 1.29 is 28.8 Å². The Morgan fingerprint density at radius 2 is 1.67 bits per heavy atom. The van der Waals surface area contributed by atoms with E-state index in [4.69, 9.17) is 11.6 Å². The molecule has 0 unspecified atom stereocenters. The van der Waals surface area contributed by atoms with Gasteiger partial charge in [0.25, 0.3) is 11.8 Å². The third kappa shape index (κ3) is 9.43. The molecule has 0 radical (unpaired) electrons. The van der Waals surface area contributed by atoms with E-state index in [1.807, 2.05) is 38.1 Å². The quantitative estimate of drug-likeness (QED) is 0.237. The van der Waals surface area contributed by atoms with Gasteiger partial charge >= 0.3 is 0 Å². The standard InChI is InChI=1S/C36H45ClN10O6S/c1-20(2)13-26-33-43-28(19-54-33)32(50)42-27(14-22-15-38-25-10-8-7-9-23(22)25)35(52)45(5)17-29(48)40-21(3)34(51)44(4)11-12-47(18-30(49)41-26)36(53)31-24(37)16-39-46(31)6/h7-10,15-16,19-21,26-27,38H,11-14,17-18H2,1-6H3,(H,40,48)(H,41,49)(H,42,50)/t21-,26-,27+/m0/s1. The second-order valence-electron chi connectivity index (χ2n) is 13.8. The van der Waals surface area contributed by atoms with Crippen LogP contribution in [-0.4, -0.2) is 122 Å². The number of para-hydroxylation sites is 1. The summed E-state index contributed by atoms with van der Waals surface area (Å²) in [6, 6.07) is 4.90. The summed E-state index contributed by atoms with van der Waals surface area (Å²) in [6.45, 7) is 4.67. The second-order valence-corrected chi connectivity index (χ2v) is 15.1. The number of thiazole rings is 1. The molecule has 0 saturated heterocycles. The molecule has 54 heavy (non-hydrogen) atoms. The van der Waals surface area contributed by atoms with E-state index in [-0.39, 0.29) is 54.9 Å². The number of likely N-dealkylation sites (N-methyl/N-ethyl adjacent to an activating group) is 2. The zero-order chi connectivity index (χ0) is 39.3. The monoisotopic (exact) mass is 780 g/mol. The Morgan fingerprint density at radius 1 is 0.944 bits per heavy atom. The minimum atomic E-state index is -1.08. The van der Waals surface area contributed by atoms with Crippen LogP contribution in [0.15, 0.2) is 42.0 Å². The lowest BCUT2D eigenvalue weighted by Gasteiger charge is -2.28. The van der Waals surface area contributed by atoms with Crippen LogP contribution in [0.4, 0.5) is 0 Å². The molecule has 1 aliphatic rings. The number of carbonyl (C=O) groups is 6.